The van der Waals surface area contributed by atoms with Gasteiger partial charge in [-0.15, -0.1) is 40.6 Å². The smallest absolute Gasteiger partial charge is 0.0319 e. The van der Waals surface area contributed by atoms with Crippen molar-refractivity contribution in [2.75, 3.05) is 6.16 Å². The van der Waals surface area contributed by atoms with Crippen LogP contribution >= 0.6 is 34.1 Å². The van der Waals surface area contributed by atoms with Crippen molar-refractivity contribution in [3.8, 4) is 0 Å². The van der Waals surface area contributed by atoms with Gasteiger partial charge in [0.15, 0.2) is 0 Å². The van der Waals surface area contributed by atoms with E-state index in [1.807, 2.05) is 6.08 Å². The van der Waals surface area contributed by atoms with Gasteiger partial charge in [0.2, 0.25) is 0 Å². The summed E-state index contributed by atoms with van der Waals surface area (Å²) in [5.74, 6) is 0. The van der Waals surface area contributed by atoms with Crippen molar-refractivity contribution in [3.63, 3.8) is 0 Å². The zero-order valence-electron chi connectivity index (χ0n) is 4.09. The van der Waals surface area contributed by atoms with Crippen LogP contribution in [-0.2, 0) is 0 Å². The van der Waals surface area contributed by atoms with Crippen LogP contribution in [0.3, 0.4) is 0 Å². The average molecular weight is 161 g/mol. The van der Waals surface area contributed by atoms with Gasteiger partial charge in [0.05, 0.1) is 0 Å². The lowest BCUT2D eigenvalue weighted by Gasteiger charge is -1.73. The third kappa shape index (κ3) is 20.1. The normalized spacial score (nSPS) is 5.29. The molecule has 0 aromatic heterocycles. The molecule has 0 N–H and O–H groups in total. The molecule has 0 aromatic rings. The molecule has 0 radical (unpaired) electrons. The van der Waals surface area contributed by atoms with Gasteiger partial charge in [0.1, 0.15) is 0 Å². The zero-order valence-corrected chi connectivity index (χ0v) is 6.88. The molecule has 0 heterocycles. The fourth-order valence-electron chi connectivity index (χ4n) is 0.118. The molecule has 0 bridgehead atoms. The SMILES string of the molecule is C=CCCP.Cl.Cl. The summed E-state index contributed by atoms with van der Waals surface area (Å²) in [6, 6.07) is 0. The van der Waals surface area contributed by atoms with Crippen molar-refractivity contribution in [1.82, 2.24) is 0 Å². The Morgan fingerprint density at radius 2 is 1.86 bits per heavy atom. The first-order chi connectivity index (χ1) is 2.41. The van der Waals surface area contributed by atoms with E-state index < -0.39 is 0 Å². The van der Waals surface area contributed by atoms with Crippen molar-refractivity contribution in [2.24, 2.45) is 0 Å². The number of rotatable bonds is 2. The average Bonchev–Trinajstić information content (AvgIpc) is 1.41. The van der Waals surface area contributed by atoms with Crippen LogP contribution in [0.2, 0.25) is 0 Å². The lowest BCUT2D eigenvalue weighted by Crippen LogP contribution is -1.58. The highest BCUT2D eigenvalue weighted by atomic mass is 35.5. The molecule has 1 atom stereocenters. The van der Waals surface area contributed by atoms with Gasteiger partial charge in [-0.05, 0) is 12.6 Å². The van der Waals surface area contributed by atoms with Crippen molar-refractivity contribution < 1.29 is 0 Å². The van der Waals surface area contributed by atoms with Crippen LogP contribution < -0.4 is 0 Å². The monoisotopic (exact) mass is 160 g/mol. The number of hydrogen-bond donors (Lipinski definition) is 0. The molecule has 0 saturated carbocycles. The van der Waals surface area contributed by atoms with E-state index in [0.717, 1.165) is 12.6 Å². The van der Waals surface area contributed by atoms with Crippen molar-refractivity contribution >= 4 is 34.1 Å². The lowest BCUT2D eigenvalue weighted by molar-refractivity contribution is 1.26. The number of allylic oxidation sites excluding steroid dienone is 1. The van der Waals surface area contributed by atoms with Gasteiger partial charge in [-0.25, -0.2) is 0 Å². The molecule has 0 rings (SSSR count). The summed E-state index contributed by atoms with van der Waals surface area (Å²) < 4.78 is 0. The Morgan fingerprint density at radius 1 is 1.43 bits per heavy atom. The van der Waals surface area contributed by atoms with Crippen molar-refractivity contribution in [3.05, 3.63) is 12.7 Å². The molecule has 46 valence electrons. The van der Waals surface area contributed by atoms with E-state index >= 15 is 0 Å². The van der Waals surface area contributed by atoms with Crippen LogP contribution in [0.5, 0.6) is 0 Å². The summed E-state index contributed by atoms with van der Waals surface area (Å²) >= 11 is 0. The van der Waals surface area contributed by atoms with E-state index in [1.165, 1.54) is 0 Å². The minimum atomic E-state index is 0. The molecule has 0 spiro atoms. The van der Waals surface area contributed by atoms with Gasteiger partial charge < -0.3 is 0 Å². The zero-order chi connectivity index (χ0) is 4.12. The first kappa shape index (κ1) is 15.7. The molecular weight excluding hydrogens is 150 g/mol. The quantitative estimate of drug-likeness (QED) is 0.430. The molecule has 0 aliphatic rings. The van der Waals surface area contributed by atoms with Gasteiger partial charge in [-0.1, -0.05) is 6.08 Å². The molecule has 0 aliphatic carbocycles. The lowest BCUT2D eigenvalue weighted by atomic mass is 10.5. The van der Waals surface area contributed by atoms with E-state index in [4.69, 9.17) is 0 Å². The maximum atomic E-state index is 3.54. The Balaban J connectivity index is -0.0000000800. The summed E-state index contributed by atoms with van der Waals surface area (Å²) in [7, 11) is 2.63. The number of halogens is 2. The van der Waals surface area contributed by atoms with E-state index in [1.54, 1.807) is 0 Å². The molecule has 1 unspecified atom stereocenters. The highest BCUT2D eigenvalue weighted by molar-refractivity contribution is 7.16. The van der Waals surface area contributed by atoms with Crippen molar-refractivity contribution in [2.45, 2.75) is 6.42 Å². The Morgan fingerprint density at radius 3 is 1.86 bits per heavy atom. The Hall–Kier alpha value is 0.750. The topological polar surface area (TPSA) is 0 Å². The van der Waals surface area contributed by atoms with Crippen LogP contribution in [0.1, 0.15) is 6.42 Å². The third-order valence-corrected chi connectivity index (χ3v) is 0.704. The van der Waals surface area contributed by atoms with Gasteiger partial charge in [0.25, 0.3) is 0 Å². The fraction of sp³-hybridized carbons (Fsp3) is 0.500. The second-order valence-corrected chi connectivity index (χ2v) is 1.44. The van der Waals surface area contributed by atoms with E-state index in [9.17, 15) is 0 Å². The van der Waals surface area contributed by atoms with Gasteiger partial charge >= 0.3 is 0 Å². The third-order valence-electron chi connectivity index (χ3n) is 0.371. The Labute approximate surface area is 59.8 Å². The maximum absolute atomic E-state index is 3.54. The second kappa shape index (κ2) is 15.9. The van der Waals surface area contributed by atoms with Crippen molar-refractivity contribution in [1.29, 1.82) is 0 Å². The van der Waals surface area contributed by atoms with E-state index in [-0.39, 0.29) is 24.8 Å². The van der Waals surface area contributed by atoms with Gasteiger partial charge in [-0.2, -0.15) is 0 Å². The largest absolute Gasteiger partial charge is 0.147 e. The first-order valence-electron chi connectivity index (χ1n) is 1.72. The second-order valence-electron chi connectivity index (χ2n) is 0.866. The molecule has 0 aliphatic heterocycles. The minimum Gasteiger partial charge on any atom is -0.147 e. The minimum absolute atomic E-state index is 0. The van der Waals surface area contributed by atoms with Crippen LogP contribution in [0, 0.1) is 0 Å². The summed E-state index contributed by atoms with van der Waals surface area (Å²) in [6.07, 6.45) is 4.17. The molecule has 0 aromatic carbocycles. The predicted molar refractivity (Wildman–Crippen MR) is 43.9 cm³/mol. The van der Waals surface area contributed by atoms with Gasteiger partial charge in [-0.3, -0.25) is 0 Å². The van der Waals surface area contributed by atoms with Crippen LogP contribution in [0.15, 0.2) is 12.7 Å². The molecule has 0 nitrogen and oxygen atoms in total. The van der Waals surface area contributed by atoms with Gasteiger partial charge in [0, 0.05) is 0 Å². The molecule has 3 heteroatoms. The van der Waals surface area contributed by atoms with E-state index in [0.29, 0.717) is 0 Å². The molecule has 0 fully saturated rings. The fourth-order valence-corrected chi connectivity index (χ4v) is 0.354. The van der Waals surface area contributed by atoms with Crippen LogP contribution in [0.25, 0.3) is 0 Å². The Bertz CT molecular complexity index is 30.9. The standard InChI is InChI=1S/C4H9P.2ClH/c1-2-3-4-5;;/h2H,1,3-5H2;2*1H. The summed E-state index contributed by atoms with van der Waals surface area (Å²) in [6.45, 7) is 3.54. The summed E-state index contributed by atoms with van der Waals surface area (Å²) in [5.41, 5.74) is 0. The molecule has 0 amide bonds. The molecular formula is C4H11Cl2P. The maximum Gasteiger partial charge on any atom is -0.0319 e. The van der Waals surface area contributed by atoms with E-state index in [2.05, 4.69) is 15.8 Å². The molecule has 7 heavy (non-hydrogen) atoms. The van der Waals surface area contributed by atoms with Crippen LogP contribution in [-0.4, -0.2) is 6.16 Å². The highest BCUT2D eigenvalue weighted by Gasteiger charge is 1.61. The van der Waals surface area contributed by atoms with Crippen LogP contribution in [0.4, 0.5) is 0 Å². The molecule has 0 saturated heterocycles. The Kier molecular flexibility index (Phi) is 35.5. The number of hydrogen-bond acceptors (Lipinski definition) is 0. The first-order valence-corrected chi connectivity index (χ1v) is 2.54. The summed E-state index contributed by atoms with van der Waals surface area (Å²) in [4.78, 5) is 0. The highest BCUT2D eigenvalue weighted by Crippen LogP contribution is 1.84. The summed E-state index contributed by atoms with van der Waals surface area (Å²) in [5, 5.41) is 0. The predicted octanol–water partition coefficient (Wildman–Crippen LogP) is 2.28.